The zero-order chi connectivity index (χ0) is 38.7. The van der Waals surface area contributed by atoms with Gasteiger partial charge in [-0.05, 0) is 98.6 Å². The van der Waals surface area contributed by atoms with Gasteiger partial charge in [0.1, 0.15) is 11.3 Å². The number of para-hydroxylation sites is 2. The number of hydrogen-bond acceptors (Lipinski definition) is 2. The summed E-state index contributed by atoms with van der Waals surface area (Å²) in [5.41, 5.74) is 17.0. The van der Waals surface area contributed by atoms with Gasteiger partial charge >= 0.3 is 0 Å². The Bertz CT molecular complexity index is 2930. The predicted octanol–water partition coefficient (Wildman–Crippen LogP) is 15.9. The van der Waals surface area contributed by atoms with Crippen molar-refractivity contribution in [2.75, 3.05) is 4.90 Å². The molecule has 1 heterocycles. The summed E-state index contributed by atoms with van der Waals surface area (Å²) >= 11 is 0. The molecule has 0 unspecified atom stereocenters. The predicted molar refractivity (Wildman–Crippen MR) is 244 cm³/mol. The Morgan fingerprint density at radius 1 is 0.259 bits per heavy atom. The van der Waals surface area contributed by atoms with Crippen molar-refractivity contribution in [3.8, 4) is 67.0 Å². The molecule has 0 amide bonds. The highest BCUT2D eigenvalue weighted by molar-refractivity contribution is 6.02. The first-order chi connectivity index (χ1) is 28.7. The molecule has 0 fully saturated rings. The molecule has 0 radical (unpaired) electrons. The molecule has 58 heavy (non-hydrogen) atoms. The van der Waals surface area contributed by atoms with Crippen molar-refractivity contribution in [1.82, 2.24) is 0 Å². The van der Waals surface area contributed by atoms with Crippen LogP contribution in [0.3, 0.4) is 0 Å². The monoisotopic (exact) mass is 741 g/mol. The summed E-state index contributed by atoms with van der Waals surface area (Å²) in [5, 5.41) is 1.12. The van der Waals surface area contributed by atoms with Crippen LogP contribution in [0.25, 0.3) is 77.9 Å². The van der Waals surface area contributed by atoms with Gasteiger partial charge in [0.25, 0.3) is 0 Å². The first kappa shape index (κ1) is 34.8. The van der Waals surface area contributed by atoms with Crippen LogP contribution >= 0.6 is 0 Å². The smallest absolute Gasteiger partial charge is 0.143 e. The summed E-state index contributed by atoms with van der Waals surface area (Å²) in [6.07, 6.45) is 0. The highest BCUT2D eigenvalue weighted by Gasteiger charge is 2.18. The first-order valence-electron chi connectivity index (χ1n) is 19.7. The quantitative estimate of drug-likeness (QED) is 0.146. The largest absolute Gasteiger partial charge is 0.455 e. The van der Waals surface area contributed by atoms with E-state index in [4.69, 9.17) is 4.42 Å². The van der Waals surface area contributed by atoms with E-state index in [0.717, 1.165) is 61.6 Å². The molecular formula is C56H39NO. The molecule has 2 nitrogen and oxygen atoms in total. The molecule has 0 aliphatic rings. The molecule has 0 bridgehead atoms. The highest BCUT2D eigenvalue weighted by Crippen LogP contribution is 2.42. The van der Waals surface area contributed by atoms with Gasteiger partial charge in [-0.1, -0.05) is 188 Å². The van der Waals surface area contributed by atoms with E-state index in [9.17, 15) is 0 Å². The van der Waals surface area contributed by atoms with Crippen LogP contribution in [0.4, 0.5) is 17.1 Å². The second-order valence-electron chi connectivity index (χ2n) is 14.5. The lowest BCUT2D eigenvalue weighted by molar-refractivity contribution is 0.632. The maximum Gasteiger partial charge on any atom is 0.143 e. The van der Waals surface area contributed by atoms with Crippen LogP contribution in [0, 0.1) is 0 Å². The fourth-order valence-electron chi connectivity index (χ4n) is 7.95. The normalized spacial score (nSPS) is 11.1. The summed E-state index contributed by atoms with van der Waals surface area (Å²) in [6, 6.07) is 84.0. The molecule has 0 spiro atoms. The summed E-state index contributed by atoms with van der Waals surface area (Å²) in [5.74, 6) is 0.889. The molecule has 0 aliphatic heterocycles. The van der Waals surface area contributed by atoms with Crippen LogP contribution in [-0.4, -0.2) is 0 Å². The second-order valence-corrected chi connectivity index (χ2v) is 14.5. The Kier molecular flexibility index (Phi) is 9.27. The standard InChI is InChI=1S/C56H39NO/c1-4-13-40(14-5-1)41-23-25-42(26-24-41)44-31-35-51(36-32-44)57(50-19-8-3-9-20-50)52-37-33-45(34-38-52)43-27-29-46(30-28-43)48-17-12-18-49(39-48)56-55(47-15-6-2-7-16-47)53-21-10-11-22-54(53)58-56/h1-39H. The lowest BCUT2D eigenvalue weighted by Crippen LogP contribution is -2.09. The number of nitrogens with zero attached hydrogens (tertiary/aromatic N) is 1. The minimum absolute atomic E-state index is 0.889. The minimum Gasteiger partial charge on any atom is -0.455 e. The van der Waals surface area contributed by atoms with Crippen molar-refractivity contribution in [1.29, 1.82) is 0 Å². The molecule has 10 aromatic rings. The fourth-order valence-corrected chi connectivity index (χ4v) is 7.95. The van der Waals surface area contributed by atoms with Crippen LogP contribution in [0.2, 0.25) is 0 Å². The third kappa shape index (κ3) is 6.89. The maximum absolute atomic E-state index is 6.53. The topological polar surface area (TPSA) is 16.4 Å². The Balaban J connectivity index is 0.905. The van der Waals surface area contributed by atoms with Crippen LogP contribution < -0.4 is 4.90 Å². The fraction of sp³-hybridized carbons (Fsp3) is 0. The number of hydrogen-bond donors (Lipinski definition) is 0. The third-order valence-corrected chi connectivity index (χ3v) is 10.9. The Morgan fingerprint density at radius 3 is 1.16 bits per heavy atom. The number of anilines is 3. The number of furan rings is 1. The Labute approximate surface area is 339 Å². The van der Waals surface area contributed by atoms with Gasteiger partial charge in [0.05, 0.1) is 0 Å². The summed E-state index contributed by atoms with van der Waals surface area (Å²) in [4.78, 5) is 2.31. The average molecular weight is 742 g/mol. The zero-order valence-corrected chi connectivity index (χ0v) is 31.9. The van der Waals surface area contributed by atoms with E-state index in [-0.39, 0.29) is 0 Å². The van der Waals surface area contributed by atoms with Gasteiger partial charge in [0, 0.05) is 33.6 Å². The van der Waals surface area contributed by atoms with Gasteiger partial charge in [-0.3, -0.25) is 0 Å². The lowest BCUT2D eigenvalue weighted by atomic mass is 9.95. The minimum atomic E-state index is 0.889. The molecule has 0 saturated carbocycles. The molecule has 9 aromatic carbocycles. The summed E-state index contributed by atoms with van der Waals surface area (Å²) in [7, 11) is 0. The van der Waals surface area contributed by atoms with Crippen LogP contribution in [0.1, 0.15) is 0 Å². The van der Waals surface area contributed by atoms with E-state index in [1.165, 1.54) is 33.4 Å². The van der Waals surface area contributed by atoms with Crippen molar-refractivity contribution < 1.29 is 4.42 Å². The van der Waals surface area contributed by atoms with E-state index in [0.29, 0.717) is 0 Å². The first-order valence-corrected chi connectivity index (χ1v) is 19.7. The zero-order valence-electron chi connectivity index (χ0n) is 31.9. The Hall–Kier alpha value is -7.68. The van der Waals surface area contributed by atoms with Gasteiger partial charge in [-0.2, -0.15) is 0 Å². The molecule has 0 aliphatic carbocycles. The summed E-state index contributed by atoms with van der Waals surface area (Å²) in [6.45, 7) is 0. The van der Waals surface area contributed by atoms with E-state index in [2.05, 4.69) is 229 Å². The van der Waals surface area contributed by atoms with Crippen LogP contribution in [0.15, 0.2) is 241 Å². The van der Waals surface area contributed by atoms with E-state index in [1.807, 2.05) is 12.1 Å². The number of benzene rings is 9. The molecule has 0 saturated heterocycles. The number of fused-ring (bicyclic) bond motifs is 1. The van der Waals surface area contributed by atoms with Crippen molar-refractivity contribution in [3.05, 3.63) is 237 Å². The van der Waals surface area contributed by atoms with Crippen molar-refractivity contribution >= 4 is 28.0 Å². The third-order valence-electron chi connectivity index (χ3n) is 10.9. The van der Waals surface area contributed by atoms with E-state index >= 15 is 0 Å². The molecule has 0 atom stereocenters. The second kappa shape index (κ2) is 15.5. The summed E-state index contributed by atoms with van der Waals surface area (Å²) < 4.78 is 6.53. The lowest BCUT2D eigenvalue weighted by Gasteiger charge is -2.26. The van der Waals surface area contributed by atoms with E-state index in [1.54, 1.807) is 0 Å². The maximum atomic E-state index is 6.53. The van der Waals surface area contributed by atoms with Gasteiger partial charge < -0.3 is 9.32 Å². The SMILES string of the molecule is c1ccc(-c2ccc(-c3ccc(N(c4ccccc4)c4ccc(-c5ccc(-c6cccc(-c7oc8ccccc8c7-c7ccccc7)c6)cc5)cc4)cc3)cc2)cc1. The van der Waals surface area contributed by atoms with Crippen molar-refractivity contribution in [2.24, 2.45) is 0 Å². The van der Waals surface area contributed by atoms with Gasteiger partial charge in [0.15, 0.2) is 0 Å². The Morgan fingerprint density at radius 2 is 0.621 bits per heavy atom. The number of rotatable bonds is 9. The van der Waals surface area contributed by atoms with E-state index < -0.39 is 0 Å². The van der Waals surface area contributed by atoms with Crippen LogP contribution in [0.5, 0.6) is 0 Å². The van der Waals surface area contributed by atoms with Crippen molar-refractivity contribution in [3.63, 3.8) is 0 Å². The van der Waals surface area contributed by atoms with Gasteiger partial charge in [0.2, 0.25) is 0 Å². The molecular weight excluding hydrogens is 703 g/mol. The van der Waals surface area contributed by atoms with Crippen molar-refractivity contribution in [2.45, 2.75) is 0 Å². The highest BCUT2D eigenvalue weighted by atomic mass is 16.3. The molecule has 1 aromatic heterocycles. The molecule has 10 rings (SSSR count). The van der Waals surface area contributed by atoms with Gasteiger partial charge in [-0.15, -0.1) is 0 Å². The molecule has 2 heteroatoms. The molecule has 274 valence electrons. The average Bonchev–Trinajstić information content (AvgIpc) is 3.71. The van der Waals surface area contributed by atoms with Gasteiger partial charge in [-0.25, -0.2) is 0 Å². The molecule has 0 N–H and O–H groups in total. The van der Waals surface area contributed by atoms with Crippen LogP contribution in [-0.2, 0) is 0 Å².